The van der Waals surface area contributed by atoms with Gasteiger partial charge in [-0.25, -0.2) is 4.79 Å². The molecule has 1 unspecified atom stereocenters. The van der Waals surface area contributed by atoms with Crippen LogP contribution in [-0.2, 0) is 16.0 Å². The van der Waals surface area contributed by atoms with E-state index in [0.717, 1.165) is 59.1 Å². The molecule has 4 nitrogen and oxygen atoms in total. The van der Waals surface area contributed by atoms with Crippen LogP contribution in [0.5, 0.6) is 0 Å². The fourth-order valence-corrected chi connectivity index (χ4v) is 4.49. The van der Waals surface area contributed by atoms with Crippen molar-refractivity contribution in [3.63, 3.8) is 0 Å². The molecule has 0 heterocycles. The minimum Gasteiger partial charge on any atom is -0.480 e. The number of unbranched alkanes of at least 4 members (excludes halogenated alkanes) is 1. The van der Waals surface area contributed by atoms with Gasteiger partial charge in [-0.05, 0) is 68.0 Å². The largest absolute Gasteiger partial charge is 0.480 e. The summed E-state index contributed by atoms with van der Waals surface area (Å²) in [6.45, 7) is 0. The lowest BCUT2D eigenvalue weighted by atomic mass is 9.92. The van der Waals surface area contributed by atoms with E-state index in [1.54, 1.807) is 0 Å². The molecule has 0 fully saturated rings. The molecule has 0 aromatic heterocycles. The molecule has 2 N–H and O–H groups in total. The number of carbonyl (C=O) groups is 2. The molecule has 1 aliphatic carbocycles. The molecule has 204 valence electrons. The van der Waals surface area contributed by atoms with Gasteiger partial charge in [-0.15, -0.1) is 0 Å². The average Bonchev–Trinajstić information content (AvgIpc) is 3.00. The molecule has 0 bridgehead atoms. The first-order chi connectivity index (χ1) is 20.1. The van der Waals surface area contributed by atoms with Gasteiger partial charge in [-0.1, -0.05) is 90.1 Å². The number of benzene rings is 3. The predicted octanol–water partition coefficient (Wildman–Crippen LogP) is 6.29. The molecular weight excluding hydrogens is 506 g/mol. The molecule has 0 aliphatic heterocycles. The number of hydrogen-bond acceptors (Lipinski definition) is 2. The van der Waals surface area contributed by atoms with Crippen LogP contribution in [0.25, 0.3) is 0 Å². The number of rotatable bonds is 7. The number of nitrogens with one attached hydrogen (secondary N) is 1. The third kappa shape index (κ3) is 9.93. The second-order valence-electron chi connectivity index (χ2n) is 9.91. The summed E-state index contributed by atoms with van der Waals surface area (Å²) in [6.07, 6.45) is 5.77. The highest BCUT2D eigenvalue weighted by Gasteiger charge is 2.20. The van der Waals surface area contributed by atoms with Crippen molar-refractivity contribution in [2.75, 3.05) is 0 Å². The molecule has 4 rings (SSSR count). The molecule has 1 amide bonds. The molecule has 1 atom stereocenters. The van der Waals surface area contributed by atoms with Gasteiger partial charge in [0, 0.05) is 47.1 Å². The van der Waals surface area contributed by atoms with Gasteiger partial charge in [0.25, 0.3) is 0 Å². The number of allylic oxidation sites excluding steroid dienone is 2. The Kier molecular flexibility index (Phi) is 11.0. The zero-order valence-corrected chi connectivity index (χ0v) is 23.1. The highest BCUT2D eigenvalue weighted by molar-refractivity contribution is 5.83. The number of aliphatic carboxylic acids is 1. The van der Waals surface area contributed by atoms with Gasteiger partial charge in [0.15, 0.2) is 0 Å². The van der Waals surface area contributed by atoms with E-state index in [1.165, 1.54) is 0 Å². The van der Waals surface area contributed by atoms with Gasteiger partial charge in [-0.3, -0.25) is 4.79 Å². The third-order valence-corrected chi connectivity index (χ3v) is 6.67. The average molecular weight is 540 g/mol. The first-order valence-corrected chi connectivity index (χ1v) is 14.0. The Morgan fingerprint density at radius 2 is 1.32 bits per heavy atom. The van der Waals surface area contributed by atoms with Gasteiger partial charge < -0.3 is 10.4 Å². The van der Waals surface area contributed by atoms with E-state index in [2.05, 4.69) is 40.8 Å². The molecule has 0 spiro atoms. The standard InChI is InChI=1S/C37H33NO3/c39-36(38-35(37(40)41)28-31-16-6-2-7-17-31)22-9-3-8-15-30-18-12-19-32(27-30)24-26-34-21-11-10-20-33(34)25-23-29-13-4-1-5-14-29/h1-2,4-7,12-14,16-19,27,35H,3,9-11,20-22,28H2,(H,38,39)(H,40,41). The van der Waals surface area contributed by atoms with E-state index in [9.17, 15) is 14.7 Å². The molecular formula is C37H33NO3. The second kappa shape index (κ2) is 15.6. The van der Waals surface area contributed by atoms with Gasteiger partial charge >= 0.3 is 5.97 Å². The molecule has 4 heteroatoms. The first kappa shape index (κ1) is 29.0. The number of carboxylic acids is 1. The van der Waals surface area contributed by atoms with Crippen LogP contribution in [0.4, 0.5) is 0 Å². The van der Waals surface area contributed by atoms with Crippen LogP contribution in [0.1, 0.15) is 67.2 Å². The Morgan fingerprint density at radius 3 is 1.98 bits per heavy atom. The topological polar surface area (TPSA) is 66.4 Å². The molecule has 3 aromatic carbocycles. The number of amides is 1. The summed E-state index contributed by atoms with van der Waals surface area (Å²) < 4.78 is 0. The van der Waals surface area contributed by atoms with E-state index < -0.39 is 12.0 Å². The molecule has 0 saturated carbocycles. The number of hydrogen-bond donors (Lipinski definition) is 2. The lowest BCUT2D eigenvalue weighted by molar-refractivity contribution is -0.141. The lowest BCUT2D eigenvalue weighted by Crippen LogP contribution is -2.42. The van der Waals surface area contributed by atoms with Gasteiger partial charge in [0.1, 0.15) is 6.04 Å². The fourth-order valence-electron chi connectivity index (χ4n) is 4.49. The van der Waals surface area contributed by atoms with Crippen LogP contribution >= 0.6 is 0 Å². The molecule has 3 aromatic rings. The Bertz CT molecular complexity index is 1570. The molecule has 1 aliphatic rings. The molecule has 0 saturated heterocycles. The SMILES string of the molecule is O=C(CCCC#Cc1cccc(C#CC2=C(C#Cc3ccccc3)CCCC2)c1)NC(Cc1ccccc1)C(=O)O. The van der Waals surface area contributed by atoms with Crippen molar-refractivity contribution in [3.8, 4) is 35.5 Å². The summed E-state index contributed by atoms with van der Waals surface area (Å²) in [5.41, 5.74) is 5.92. The third-order valence-electron chi connectivity index (χ3n) is 6.67. The fraction of sp³-hybridized carbons (Fsp3) is 0.243. The maximum Gasteiger partial charge on any atom is 0.326 e. The highest BCUT2D eigenvalue weighted by Crippen LogP contribution is 2.24. The Morgan fingerprint density at radius 1 is 0.732 bits per heavy atom. The van der Waals surface area contributed by atoms with Crippen molar-refractivity contribution in [1.82, 2.24) is 5.32 Å². The van der Waals surface area contributed by atoms with Gasteiger partial charge in [0.05, 0.1) is 0 Å². The molecule has 41 heavy (non-hydrogen) atoms. The zero-order chi connectivity index (χ0) is 28.7. The van der Waals surface area contributed by atoms with Crippen LogP contribution in [0.15, 0.2) is 96.1 Å². The van der Waals surface area contributed by atoms with E-state index in [4.69, 9.17) is 0 Å². The zero-order valence-electron chi connectivity index (χ0n) is 23.1. The van der Waals surface area contributed by atoms with Crippen LogP contribution in [0, 0.1) is 35.5 Å². The van der Waals surface area contributed by atoms with Gasteiger partial charge in [-0.2, -0.15) is 0 Å². The van der Waals surface area contributed by atoms with Crippen molar-refractivity contribution in [2.24, 2.45) is 0 Å². The van der Waals surface area contributed by atoms with Crippen LogP contribution in [0.3, 0.4) is 0 Å². The number of carbonyl (C=O) groups excluding carboxylic acids is 1. The van der Waals surface area contributed by atoms with E-state index in [-0.39, 0.29) is 18.7 Å². The minimum atomic E-state index is -1.04. The molecule has 0 radical (unpaired) electrons. The maximum absolute atomic E-state index is 12.3. The summed E-state index contributed by atoms with van der Waals surface area (Å²) in [7, 11) is 0. The van der Waals surface area contributed by atoms with E-state index in [0.29, 0.717) is 12.8 Å². The van der Waals surface area contributed by atoms with Gasteiger partial charge in [0.2, 0.25) is 5.91 Å². The van der Waals surface area contributed by atoms with Crippen molar-refractivity contribution in [3.05, 3.63) is 118 Å². The van der Waals surface area contributed by atoms with Crippen LogP contribution in [-0.4, -0.2) is 23.0 Å². The summed E-state index contributed by atoms with van der Waals surface area (Å²) in [5, 5.41) is 12.1. The summed E-state index contributed by atoms with van der Waals surface area (Å²) in [6, 6.07) is 26.2. The van der Waals surface area contributed by atoms with E-state index in [1.807, 2.05) is 84.9 Å². The summed E-state index contributed by atoms with van der Waals surface area (Å²) in [4.78, 5) is 23.9. The second-order valence-corrected chi connectivity index (χ2v) is 9.91. The monoisotopic (exact) mass is 539 g/mol. The van der Waals surface area contributed by atoms with Crippen LogP contribution < -0.4 is 5.32 Å². The highest BCUT2D eigenvalue weighted by atomic mass is 16.4. The maximum atomic E-state index is 12.3. The first-order valence-electron chi connectivity index (χ1n) is 14.0. The van der Waals surface area contributed by atoms with Crippen molar-refractivity contribution < 1.29 is 14.7 Å². The number of carboxylic acid groups (broad SMARTS) is 1. The van der Waals surface area contributed by atoms with Crippen molar-refractivity contribution in [1.29, 1.82) is 0 Å². The van der Waals surface area contributed by atoms with E-state index >= 15 is 0 Å². The lowest BCUT2D eigenvalue weighted by Gasteiger charge is -2.14. The van der Waals surface area contributed by atoms with Crippen molar-refractivity contribution in [2.45, 2.75) is 57.4 Å². The van der Waals surface area contributed by atoms with Crippen molar-refractivity contribution >= 4 is 11.9 Å². The predicted molar refractivity (Wildman–Crippen MR) is 163 cm³/mol. The summed E-state index contributed by atoms with van der Waals surface area (Å²) in [5.74, 6) is 18.3. The summed E-state index contributed by atoms with van der Waals surface area (Å²) >= 11 is 0. The van der Waals surface area contributed by atoms with Crippen LogP contribution in [0.2, 0.25) is 0 Å². The minimum absolute atomic E-state index is 0.226. The Hall–Kier alpha value is -4.98. The smallest absolute Gasteiger partial charge is 0.326 e. The normalized spacial score (nSPS) is 12.9. The Balaban J connectivity index is 1.30. The quantitative estimate of drug-likeness (QED) is 0.274. The Labute approximate surface area is 242 Å².